The van der Waals surface area contributed by atoms with Crippen LogP contribution >= 0.6 is 30.4 Å². The van der Waals surface area contributed by atoms with Crippen molar-refractivity contribution in [2.75, 3.05) is 25.3 Å². The fourth-order valence-corrected chi connectivity index (χ4v) is 7.00. The summed E-state index contributed by atoms with van der Waals surface area (Å²) >= 11 is 8.48. The first-order valence-corrected chi connectivity index (χ1v) is 12.5. The Hall–Kier alpha value is 0.170. The minimum absolute atomic E-state index is 0.0499. The van der Waals surface area contributed by atoms with Gasteiger partial charge in [0.15, 0.2) is 0 Å². The molecule has 1 rings (SSSR count). The van der Waals surface area contributed by atoms with Crippen LogP contribution in [0.4, 0.5) is 4.79 Å². The quantitative estimate of drug-likeness (QED) is 0.131. The summed E-state index contributed by atoms with van der Waals surface area (Å²) in [6, 6.07) is 0. The summed E-state index contributed by atoms with van der Waals surface area (Å²) in [4.78, 5) is 16.4. The van der Waals surface area contributed by atoms with Gasteiger partial charge >= 0.3 is 6.09 Å². The van der Waals surface area contributed by atoms with Crippen LogP contribution in [0.15, 0.2) is 5.16 Å². The number of nitrogens with zero attached hydrogens (tertiary/aromatic N) is 2. The number of carbonyl (C=O) groups is 1. The number of amides is 1. The third-order valence-corrected chi connectivity index (χ3v) is 9.10. The molecule has 1 aliphatic heterocycles. The third-order valence-electron chi connectivity index (χ3n) is 2.99. The van der Waals surface area contributed by atoms with Crippen molar-refractivity contribution in [3.63, 3.8) is 0 Å². The maximum atomic E-state index is 11.7. The van der Waals surface area contributed by atoms with E-state index in [9.17, 15) is 4.79 Å². The largest absolute Gasteiger partial charge is 0.434 e. The van der Waals surface area contributed by atoms with Crippen molar-refractivity contribution in [3.8, 4) is 0 Å². The number of rotatable bonds is 5. The minimum atomic E-state index is -2.61. The standard InChI is InChI=1S/C14H28N3O4PS3/c1-11(24-7)16-21-12(18)15-10-25-17(13(2,3)4)22(23)19-8-14(5,6)9-20-22/h8-10H2,1-7H3,(H,15,18)/b16-11+. The lowest BCUT2D eigenvalue weighted by Crippen LogP contribution is -2.40. The van der Waals surface area contributed by atoms with Gasteiger partial charge in [0.1, 0.15) is 5.04 Å². The van der Waals surface area contributed by atoms with Gasteiger partial charge in [-0.3, -0.25) is 4.84 Å². The van der Waals surface area contributed by atoms with Crippen LogP contribution in [0.5, 0.6) is 0 Å². The zero-order valence-electron chi connectivity index (χ0n) is 15.8. The molecule has 146 valence electrons. The fourth-order valence-electron chi connectivity index (χ4n) is 1.66. The van der Waals surface area contributed by atoms with Gasteiger partial charge in [0.2, 0.25) is 0 Å². The lowest BCUT2D eigenvalue weighted by Gasteiger charge is -2.45. The molecule has 0 unspecified atom stereocenters. The molecule has 11 heteroatoms. The zero-order chi connectivity index (χ0) is 19.3. The van der Waals surface area contributed by atoms with E-state index in [0.29, 0.717) is 18.3 Å². The van der Waals surface area contributed by atoms with E-state index in [1.54, 1.807) is 6.92 Å². The van der Waals surface area contributed by atoms with E-state index in [-0.39, 0.29) is 16.8 Å². The summed E-state index contributed by atoms with van der Waals surface area (Å²) in [6.45, 7) is 10.5. The van der Waals surface area contributed by atoms with Gasteiger partial charge < -0.3 is 14.4 Å². The maximum absolute atomic E-state index is 11.7. The Morgan fingerprint density at radius 3 is 2.44 bits per heavy atom. The summed E-state index contributed by atoms with van der Waals surface area (Å²) in [6.07, 6.45) is 1.24. The minimum Gasteiger partial charge on any atom is -0.317 e. The van der Waals surface area contributed by atoms with Gasteiger partial charge in [0.25, 0.3) is 6.64 Å². The number of hydrogen-bond donors (Lipinski definition) is 1. The van der Waals surface area contributed by atoms with Crippen LogP contribution in [0.2, 0.25) is 0 Å². The average Bonchev–Trinajstić information content (AvgIpc) is 2.51. The second-order valence-electron chi connectivity index (χ2n) is 7.27. The van der Waals surface area contributed by atoms with Gasteiger partial charge in [0, 0.05) is 11.0 Å². The molecule has 0 atom stereocenters. The van der Waals surface area contributed by atoms with Gasteiger partial charge in [-0.15, -0.1) is 11.8 Å². The number of nitrogens with one attached hydrogen (secondary N) is 1. The SMILES string of the molecule is CS/C(C)=N/OC(=O)NCSN(C(C)(C)C)P1(=S)OCC(C)(C)CO1. The van der Waals surface area contributed by atoms with Crippen LogP contribution < -0.4 is 5.32 Å². The summed E-state index contributed by atoms with van der Waals surface area (Å²) < 4.78 is 13.9. The molecule has 1 heterocycles. The molecule has 1 fully saturated rings. The van der Waals surface area contributed by atoms with Crippen LogP contribution in [-0.2, 0) is 25.7 Å². The maximum Gasteiger partial charge on any atom is 0.434 e. The molecule has 0 aromatic rings. The highest BCUT2D eigenvalue weighted by Crippen LogP contribution is 2.62. The van der Waals surface area contributed by atoms with Crippen molar-refractivity contribution in [2.45, 2.75) is 47.1 Å². The van der Waals surface area contributed by atoms with Crippen molar-refractivity contribution in [2.24, 2.45) is 10.6 Å². The number of hydrogen-bond acceptors (Lipinski definition) is 8. The van der Waals surface area contributed by atoms with Crippen LogP contribution in [0.25, 0.3) is 0 Å². The molecule has 1 aliphatic rings. The van der Waals surface area contributed by atoms with E-state index < -0.39 is 12.7 Å². The second kappa shape index (κ2) is 9.39. The molecule has 0 spiro atoms. The molecule has 25 heavy (non-hydrogen) atoms. The van der Waals surface area contributed by atoms with E-state index >= 15 is 0 Å². The van der Waals surface area contributed by atoms with E-state index in [0.717, 1.165) is 0 Å². The predicted octanol–water partition coefficient (Wildman–Crippen LogP) is 4.41. The van der Waals surface area contributed by atoms with Gasteiger partial charge in [0.05, 0.1) is 19.1 Å². The third kappa shape index (κ3) is 7.74. The highest BCUT2D eigenvalue weighted by molar-refractivity contribution is 8.15. The summed E-state index contributed by atoms with van der Waals surface area (Å²) in [7, 11) is 0. The van der Waals surface area contributed by atoms with Crippen molar-refractivity contribution in [1.29, 1.82) is 0 Å². The summed E-state index contributed by atoms with van der Waals surface area (Å²) in [5.41, 5.74) is -0.341. The molecule has 0 aromatic carbocycles. The summed E-state index contributed by atoms with van der Waals surface area (Å²) in [5, 5.41) is 7.00. The molecule has 1 saturated heterocycles. The lowest BCUT2D eigenvalue weighted by atomic mass is 9.97. The molecule has 0 saturated carbocycles. The Kier molecular flexibility index (Phi) is 8.72. The van der Waals surface area contributed by atoms with E-state index in [4.69, 9.17) is 25.7 Å². The van der Waals surface area contributed by atoms with Crippen molar-refractivity contribution in [3.05, 3.63) is 0 Å². The van der Waals surface area contributed by atoms with Gasteiger partial charge in [-0.1, -0.05) is 19.0 Å². The normalized spacial score (nSPS) is 20.4. The summed E-state index contributed by atoms with van der Waals surface area (Å²) in [5.74, 6) is 0.276. The first-order valence-electron chi connectivity index (χ1n) is 7.76. The van der Waals surface area contributed by atoms with Crippen molar-refractivity contribution in [1.82, 2.24) is 9.39 Å². The zero-order valence-corrected chi connectivity index (χ0v) is 19.2. The van der Waals surface area contributed by atoms with E-state index in [1.807, 2.05) is 31.1 Å². The molecular formula is C14H28N3O4PS3. The van der Waals surface area contributed by atoms with Crippen molar-refractivity contribution < 1.29 is 18.7 Å². The van der Waals surface area contributed by atoms with E-state index in [2.05, 4.69) is 24.3 Å². The van der Waals surface area contributed by atoms with E-state index in [1.165, 1.54) is 23.7 Å². The Morgan fingerprint density at radius 1 is 1.40 bits per heavy atom. The highest BCUT2D eigenvalue weighted by atomic mass is 32.5. The molecular weight excluding hydrogens is 401 g/mol. The first kappa shape index (κ1) is 23.2. The van der Waals surface area contributed by atoms with Gasteiger partial charge in [-0.2, -0.15) is 4.08 Å². The molecule has 0 radical (unpaired) electrons. The second-order valence-corrected chi connectivity index (χ2v) is 12.7. The fraction of sp³-hybridized carbons (Fsp3) is 0.857. The molecule has 7 nitrogen and oxygen atoms in total. The number of thioether (sulfide) groups is 1. The van der Waals surface area contributed by atoms with Crippen molar-refractivity contribution >= 4 is 53.3 Å². The van der Waals surface area contributed by atoms with Crippen LogP contribution in [-0.4, -0.2) is 46.1 Å². The van der Waals surface area contributed by atoms with Crippen LogP contribution in [0, 0.1) is 5.41 Å². The predicted molar refractivity (Wildman–Crippen MR) is 110 cm³/mol. The smallest absolute Gasteiger partial charge is 0.317 e. The Morgan fingerprint density at radius 2 is 1.96 bits per heavy atom. The molecule has 0 aromatic heterocycles. The topological polar surface area (TPSA) is 72.4 Å². The lowest BCUT2D eigenvalue weighted by molar-refractivity contribution is 0.0453. The number of oxime groups is 1. The van der Waals surface area contributed by atoms with Crippen LogP contribution in [0.3, 0.4) is 0 Å². The molecule has 0 bridgehead atoms. The molecule has 0 aliphatic carbocycles. The monoisotopic (exact) mass is 429 g/mol. The van der Waals surface area contributed by atoms with Gasteiger partial charge in [-0.25, -0.2) is 4.79 Å². The highest BCUT2D eigenvalue weighted by Gasteiger charge is 2.42. The van der Waals surface area contributed by atoms with Crippen LogP contribution in [0.1, 0.15) is 41.5 Å². The molecule has 1 amide bonds. The Bertz CT molecular complexity index is 538. The average molecular weight is 430 g/mol. The number of carbonyl (C=O) groups excluding carboxylic acids is 1. The Balaban J connectivity index is 2.64. The first-order chi connectivity index (χ1) is 11.4. The molecule has 1 N–H and O–H groups in total. The van der Waals surface area contributed by atoms with Gasteiger partial charge in [-0.05, 0) is 57.7 Å². The Labute approximate surface area is 164 Å².